The first-order chi connectivity index (χ1) is 10.7. The van der Waals surface area contributed by atoms with Crippen molar-refractivity contribution in [1.82, 2.24) is 0 Å². The summed E-state index contributed by atoms with van der Waals surface area (Å²) in [4.78, 5) is 0. The monoisotopic (exact) mass is 295 g/mol. The lowest BCUT2D eigenvalue weighted by molar-refractivity contribution is 0.329. The number of rotatable bonds is 6. The molecule has 0 aliphatic heterocycles. The summed E-state index contributed by atoms with van der Waals surface area (Å²) in [5.74, 6) is 1.11. The normalized spacial score (nSPS) is 10.2. The maximum absolute atomic E-state index is 8.56. The van der Waals surface area contributed by atoms with E-state index in [2.05, 4.69) is 5.10 Å². The summed E-state index contributed by atoms with van der Waals surface area (Å²) in [5.41, 5.74) is 1.88. The quantitative estimate of drug-likeness (QED) is 0.607. The third kappa shape index (κ3) is 4.00. The molecule has 0 radical (unpaired) electrons. The summed E-state index contributed by atoms with van der Waals surface area (Å²) in [6, 6.07) is 17.2. The van der Waals surface area contributed by atoms with Crippen molar-refractivity contribution in [3.05, 3.63) is 54.1 Å². The topological polar surface area (TPSA) is 57.9 Å². The number of anilines is 1. The van der Waals surface area contributed by atoms with Crippen molar-refractivity contribution in [3.8, 4) is 17.6 Å². The zero-order valence-corrected chi connectivity index (χ0v) is 12.6. The van der Waals surface area contributed by atoms with E-state index in [0.29, 0.717) is 11.5 Å². The van der Waals surface area contributed by atoms with Crippen LogP contribution in [0.15, 0.2) is 53.6 Å². The highest BCUT2D eigenvalue weighted by Gasteiger charge is 2.05. The Morgan fingerprint density at radius 2 is 1.95 bits per heavy atom. The summed E-state index contributed by atoms with van der Waals surface area (Å²) in [6.07, 6.45) is 1.74. The molecule has 0 atom stereocenters. The molecule has 2 aromatic rings. The number of nitrogens with zero attached hydrogens (tertiary/aromatic N) is 3. The van der Waals surface area contributed by atoms with E-state index in [1.54, 1.807) is 24.4 Å². The van der Waals surface area contributed by atoms with E-state index in [1.807, 2.05) is 55.6 Å². The van der Waals surface area contributed by atoms with Crippen molar-refractivity contribution in [1.29, 1.82) is 5.26 Å². The summed E-state index contributed by atoms with van der Waals surface area (Å²) in [7, 11) is 3.44. The lowest BCUT2D eigenvalue weighted by atomic mass is 10.2. The van der Waals surface area contributed by atoms with E-state index in [0.717, 1.165) is 11.3 Å². The van der Waals surface area contributed by atoms with Gasteiger partial charge in [0.05, 0.1) is 19.0 Å². The van der Waals surface area contributed by atoms with E-state index in [4.69, 9.17) is 14.7 Å². The molecule has 112 valence electrons. The second kappa shape index (κ2) is 7.70. The van der Waals surface area contributed by atoms with Crippen LogP contribution in [-0.4, -0.2) is 27.0 Å². The molecule has 2 aromatic carbocycles. The SMILES string of the molecule is COc1cc(/C=N/N(C)c2ccccc2)ccc1OCC#N. The fourth-order valence-electron chi connectivity index (χ4n) is 1.86. The third-order valence-electron chi connectivity index (χ3n) is 2.99. The van der Waals surface area contributed by atoms with Gasteiger partial charge in [0.2, 0.25) is 0 Å². The fraction of sp³-hybridized carbons (Fsp3) is 0.176. The fourth-order valence-corrected chi connectivity index (χ4v) is 1.86. The highest BCUT2D eigenvalue weighted by molar-refractivity contribution is 5.81. The molecule has 0 saturated heterocycles. The van der Waals surface area contributed by atoms with Gasteiger partial charge >= 0.3 is 0 Å². The Hall–Kier alpha value is -3.00. The Balaban J connectivity index is 2.13. The molecule has 2 rings (SSSR count). The molecular formula is C17H17N3O2. The van der Waals surface area contributed by atoms with E-state index >= 15 is 0 Å². The highest BCUT2D eigenvalue weighted by Crippen LogP contribution is 2.27. The lowest BCUT2D eigenvalue weighted by Gasteiger charge is -2.12. The first kappa shape index (κ1) is 15.4. The predicted octanol–water partition coefficient (Wildman–Crippen LogP) is 3.07. The van der Waals surface area contributed by atoms with Crippen LogP contribution in [-0.2, 0) is 0 Å². The van der Waals surface area contributed by atoms with Crippen LogP contribution in [0.3, 0.4) is 0 Å². The number of hydrogen-bond acceptors (Lipinski definition) is 5. The van der Waals surface area contributed by atoms with Gasteiger partial charge in [-0.25, -0.2) is 0 Å². The van der Waals surface area contributed by atoms with Crippen LogP contribution in [0.25, 0.3) is 0 Å². The van der Waals surface area contributed by atoms with Crippen LogP contribution in [0.5, 0.6) is 11.5 Å². The molecule has 5 nitrogen and oxygen atoms in total. The van der Waals surface area contributed by atoms with Crippen LogP contribution in [0.1, 0.15) is 5.56 Å². The zero-order valence-electron chi connectivity index (χ0n) is 12.6. The number of methoxy groups -OCH3 is 1. The van der Waals surface area contributed by atoms with Crippen molar-refractivity contribution < 1.29 is 9.47 Å². The molecule has 0 N–H and O–H groups in total. The van der Waals surface area contributed by atoms with Crippen molar-refractivity contribution in [2.75, 3.05) is 25.8 Å². The predicted molar refractivity (Wildman–Crippen MR) is 86.5 cm³/mol. The van der Waals surface area contributed by atoms with E-state index in [-0.39, 0.29) is 6.61 Å². The molecule has 0 fully saturated rings. The zero-order chi connectivity index (χ0) is 15.8. The first-order valence-electron chi connectivity index (χ1n) is 6.75. The molecule has 0 aliphatic carbocycles. The van der Waals surface area contributed by atoms with Gasteiger partial charge in [-0.3, -0.25) is 5.01 Å². The summed E-state index contributed by atoms with van der Waals surface area (Å²) in [5, 5.41) is 14.7. The number of para-hydroxylation sites is 1. The molecule has 0 bridgehead atoms. The molecule has 0 saturated carbocycles. The Labute approximate surface area is 130 Å². The van der Waals surface area contributed by atoms with E-state index in [9.17, 15) is 0 Å². The third-order valence-corrected chi connectivity index (χ3v) is 2.99. The van der Waals surface area contributed by atoms with Gasteiger partial charge in [0.1, 0.15) is 6.07 Å². The van der Waals surface area contributed by atoms with Crippen LogP contribution in [0.4, 0.5) is 5.69 Å². The summed E-state index contributed by atoms with van der Waals surface area (Å²) < 4.78 is 10.6. The largest absolute Gasteiger partial charge is 0.493 e. The van der Waals surface area contributed by atoms with Gasteiger partial charge in [-0.15, -0.1) is 0 Å². The first-order valence-corrected chi connectivity index (χ1v) is 6.75. The number of hydrogen-bond donors (Lipinski definition) is 0. The molecule has 0 heterocycles. The second-order valence-corrected chi connectivity index (χ2v) is 4.46. The van der Waals surface area contributed by atoms with Gasteiger partial charge in [-0.2, -0.15) is 10.4 Å². The Bertz CT molecular complexity index is 678. The summed E-state index contributed by atoms with van der Waals surface area (Å²) >= 11 is 0. The molecular weight excluding hydrogens is 278 g/mol. The number of ether oxygens (including phenoxy) is 2. The van der Waals surface area contributed by atoms with Gasteiger partial charge in [0.25, 0.3) is 0 Å². The summed E-state index contributed by atoms with van der Waals surface area (Å²) in [6.45, 7) is -0.0134. The Morgan fingerprint density at radius 1 is 1.18 bits per heavy atom. The molecule has 0 aromatic heterocycles. The molecule has 22 heavy (non-hydrogen) atoms. The molecule has 0 unspecified atom stereocenters. The molecule has 0 amide bonds. The van der Waals surface area contributed by atoms with E-state index in [1.165, 1.54) is 0 Å². The van der Waals surface area contributed by atoms with Gasteiger partial charge in [-0.1, -0.05) is 18.2 Å². The molecule has 0 aliphatic rings. The van der Waals surface area contributed by atoms with Crippen molar-refractivity contribution >= 4 is 11.9 Å². The highest BCUT2D eigenvalue weighted by atomic mass is 16.5. The van der Waals surface area contributed by atoms with Gasteiger partial charge in [0, 0.05) is 7.05 Å². The van der Waals surface area contributed by atoms with E-state index < -0.39 is 0 Å². The van der Waals surface area contributed by atoms with Crippen LogP contribution in [0, 0.1) is 11.3 Å². The maximum atomic E-state index is 8.56. The number of benzene rings is 2. The number of hydrazone groups is 1. The van der Waals surface area contributed by atoms with Gasteiger partial charge in [-0.05, 0) is 35.9 Å². The minimum Gasteiger partial charge on any atom is -0.493 e. The number of nitriles is 1. The minimum absolute atomic E-state index is 0.0134. The molecule has 0 spiro atoms. The maximum Gasteiger partial charge on any atom is 0.174 e. The van der Waals surface area contributed by atoms with Crippen molar-refractivity contribution in [2.24, 2.45) is 5.10 Å². The Kier molecular flexibility index (Phi) is 5.38. The second-order valence-electron chi connectivity index (χ2n) is 4.46. The van der Waals surface area contributed by atoms with Crippen LogP contribution >= 0.6 is 0 Å². The Morgan fingerprint density at radius 3 is 2.64 bits per heavy atom. The lowest BCUT2D eigenvalue weighted by Crippen LogP contribution is -2.08. The smallest absolute Gasteiger partial charge is 0.174 e. The van der Waals surface area contributed by atoms with Crippen molar-refractivity contribution in [2.45, 2.75) is 0 Å². The standard InChI is InChI=1S/C17H17N3O2/c1-20(15-6-4-3-5-7-15)19-13-14-8-9-16(22-11-10-18)17(12-14)21-2/h3-9,12-13H,11H2,1-2H3/b19-13+. The average molecular weight is 295 g/mol. The van der Waals surface area contributed by atoms with Gasteiger partial charge in [0.15, 0.2) is 18.1 Å². The minimum atomic E-state index is -0.0134. The van der Waals surface area contributed by atoms with Crippen molar-refractivity contribution in [3.63, 3.8) is 0 Å². The van der Waals surface area contributed by atoms with Gasteiger partial charge < -0.3 is 9.47 Å². The van der Waals surface area contributed by atoms with Crippen LogP contribution in [0.2, 0.25) is 0 Å². The average Bonchev–Trinajstić information content (AvgIpc) is 2.58. The van der Waals surface area contributed by atoms with Crippen LogP contribution < -0.4 is 14.5 Å². The molecule has 5 heteroatoms.